The third-order valence-electron chi connectivity index (χ3n) is 5.05. The molecule has 0 atom stereocenters. The molecule has 0 radical (unpaired) electrons. The van der Waals surface area contributed by atoms with Gasteiger partial charge < -0.3 is 5.32 Å². The first-order chi connectivity index (χ1) is 12.7. The largest absolute Gasteiger partial charge is 0.380 e. The molecular formula is C20H25N3O3S. The van der Waals surface area contributed by atoms with Crippen LogP contribution in [0.5, 0.6) is 0 Å². The smallest absolute Gasteiger partial charge is 0.197 e. The van der Waals surface area contributed by atoms with Crippen LogP contribution in [0.1, 0.15) is 51.6 Å². The van der Waals surface area contributed by atoms with Crippen LogP contribution in [0.3, 0.4) is 0 Å². The molecule has 1 aromatic carbocycles. The number of rotatable bonds is 7. The molecule has 6 nitrogen and oxygen atoms in total. The van der Waals surface area contributed by atoms with Crippen molar-refractivity contribution in [2.24, 2.45) is 7.05 Å². The molecule has 1 saturated carbocycles. The number of anilines is 1. The van der Waals surface area contributed by atoms with Crippen molar-refractivity contribution in [1.29, 1.82) is 0 Å². The van der Waals surface area contributed by atoms with Gasteiger partial charge in [0.2, 0.25) is 0 Å². The first-order valence-electron chi connectivity index (χ1n) is 8.93. The summed E-state index contributed by atoms with van der Waals surface area (Å²) in [4.78, 5) is 13.6. The van der Waals surface area contributed by atoms with Gasteiger partial charge in [-0.1, -0.05) is 6.08 Å². The number of carbonyl (C=O) groups excluding carboxylic acids is 1. The Morgan fingerprint density at radius 1 is 1.37 bits per heavy atom. The standard InChI is InChI=1S/C20H25N3O3S/c1-6-11-21-18-12(2)15(9-10-16(18)27(5,25)26)20(24)17-13(3)23(4)22-19(17)14-7-8-14/h6,9-10,14,21H,1,7-8,11H2,2-5H3. The average molecular weight is 388 g/mol. The Labute approximate surface area is 160 Å². The van der Waals surface area contributed by atoms with Crippen molar-refractivity contribution in [2.45, 2.75) is 37.5 Å². The Morgan fingerprint density at radius 2 is 2.04 bits per heavy atom. The second kappa shape index (κ2) is 6.96. The highest BCUT2D eigenvalue weighted by Gasteiger charge is 2.34. The number of hydrogen-bond acceptors (Lipinski definition) is 5. The number of nitrogens with one attached hydrogen (secondary N) is 1. The molecule has 0 amide bonds. The SMILES string of the molecule is C=CCNc1c(S(C)(=O)=O)ccc(C(=O)c2c(C3CC3)nn(C)c2C)c1C. The van der Waals surface area contributed by atoms with Crippen LogP contribution < -0.4 is 5.32 Å². The normalized spacial score (nSPS) is 14.2. The third kappa shape index (κ3) is 3.56. The highest BCUT2D eigenvalue weighted by Crippen LogP contribution is 2.42. The molecule has 1 aliphatic rings. The summed E-state index contributed by atoms with van der Waals surface area (Å²) >= 11 is 0. The molecule has 1 aliphatic carbocycles. The summed E-state index contributed by atoms with van der Waals surface area (Å²) in [5, 5.41) is 7.63. The number of benzene rings is 1. The molecule has 3 rings (SSSR count). The Hall–Kier alpha value is -2.41. The molecule has 0 bridgehead atoms. The van der Waals surface area contributed by atoms with Crippen molar-refractivity contribution in [3.63, 3.8) is 0 Å². The topological polar surface area (TPSA) is 81.1 Å². The fourth-order valence-corrected chi connectivity index (χ4v) is 4.24. The van der Waals surface area contributed by atoms with E-state index in [0.29, 0.717) is 34.8 Å². The van der Waals surface area contributed by atoms with Crippen LogP contribution in [0.4, 0.5) is 5.69 Å². The highest BCUT2D eigenvalue weighted by molar-refractivity contribution is 7.90. The van der Waals surface area contributed by atoms with Gasteiger partial charge in [-0.3, -0.25) is 9.48 Å². The van der Waals surface area contributed by atoms with Crippen LogP contribution >= 0.6 is 0 Å². The van der Waals surface area contributed by atoms with Crippen molar-refractivity contribution in [3.8, 4) is 0 Å². The van der Waals surface area contributed by atoms with Crippen molar-refractivity contribution in [3.05, 3.63) is 52.9 Å². The molecule has 27 heavy (non-hydrogen) atoms. The lowest BCUT2D eigenvalue weighted by Crippen LogP contribution is -2.13. The van der Waals surface area contributed by atoms with Crippen LogP contribution in [0, 0.1) is 13.8 Å². The Kier molecular flexibility index (Phi) is 4.99. The summed E-state index contributed by atoms with van der Waals surface area (Å²) < 4.78 is 26.1. The highest BCUT2D eigenvalue weighted by atomic mass is 32.2. The zero-order valence-electron chi connectivity index (χ0n) is 16.2. The summed E-state index contributed by atoms with van der Waals surface area (Å²) in [5.41, 5.74) is 3.89. The summed E-state index contributed by atoms with van der Waals surface area (Å²) in [6, 6.07) is 3.11. The van der Waals surface area contributed by atoms with E-state index >= 15 is 0 Å². The number of carbonyl (C=O) groups is 1. The Bertz CT molecular complexity index is 1030. The van der Waals surface area contributed by atoms with Crippen LogP contribution in [0.2, 0.25) is 0 Å². The van der Waals surface area contributed by atoms with Crippen molar-refractivity contribution < 1.29 is 13.2 Å². The molecule has 1 fully saturated rings. The molecule has 1 aromatic heterocycles. The monoisotopic (exact) mass is 387 g/mol. The van der Waals surface area contributed by atoms with Gasteiger partial charge in [-0.2, -0.15) is 5.10 Å². The van der Waals surface area contributed by atoms with Gasteiger partial charge in [-0.25, -0.2) is 8.42 Å². The van der Waals surface area contributed by atoms with Gasteiger partial charge in [0.15, 0.2) is 15.6 Å². The molecule has 1 N–H and O–H groups in total. The fourth-order valence-electron chi connectivity index (χ4n) is 3.33. The van der Waals surface area contributed by atoms with Crippen LogP contribution in [-0.2, 0) is 16.9 Å². The maximum Gasteiger partial charge on any atom is 0.197 e. The summed E-state index contributed by atoms with van der Waals surface area (Å²) in [6.45, 7) is 7.73. The molecule has 0 saturated heterocycles. The zero-order valence-corrected chi connectivity index (χ0v) is 17.0. The number of ketones is 1. The molecule has 0 spiro atoms. The lowest BCUT2D eigenvalue weighted by molar-refractivity contribution is 0.103. The molecular weight excluding hydrogens is 362 g/mol. The van der Waals surface area contributed by atoms with Gasteiger partial charge in [0.25, 0.3) is 0 Å². The average Bonchev–Trinajstić information content (AvgIpc) is 3.39. The van der Waals surface area contributed by atoms with Crippen LogP contribution in [0.25, 0.3) is 0 Å². The van der Waals surface area contributed by atoms with E-state index in [0.717, 1.165) is 24.2 Å². The summed E-state index contributed by atoms with van der Waals surface area (Å²) in [6.07, 6.45) is 4.92. The Balaban J connectivity index is 2.15. The van der Waals surface area contributed by atoms with E-state index in [-0.39, 0.29) is 10.7 Å². The predicted octanol–water partition coefficient (Wildman–Crippen LogP) is 3.15. The summed E-state index contributed by atoms with van der Waals surface area (Å²) in [5.74, 6) is 0.236. The predicted molar refractivity (Wildman–Crippen MR) is 106 cm³/mol. The molecule has 0 aliphatic heterocycles. The molecule has 7 heteroatoms. The number of nitrogens with zero attached hydrogens (tertiary/aromatic N) is 2. The van der Waals surface area contributed by atoms with E-state index in [4.69, 9.17) is 0 Å². The number of aryl methyl sites for hydroxylation is 1. The van der Waals surface area contributed by atoms with Crippen molar-refractivity contribution in [1.82, 2.24) is 9.78 Å². The quantitative estimate of drug-likeness (QED) is 0.583. The van der Waals surface area contributed by atoms with Gasteiger partial charge in [-0.05, 0) is 44.4 Å². The van der Waals surface area contributed by atoms with Crippen LogP contribution in [0.15, 0.2) is 29.7 Å². The Morgan fingerprint density at radius 3 is 2.59 bits per heavy atom. The minimum Gasteiger partial charge on any atom is -0.380 e. The van der Waals surface area contributed by atoms with Gasteiger partial charge in [0, 0.05) is 37.0 Å². The van der Waals surface area contributed by atoms with Crippen molar-refractivity contribution >= 4 is 21.3 Å². The zero-order chi connectivity index (χ0) is 19.9. The van der Waals surface area contributed by atoms with E-state index < -0.39 is 9.84 Å². The maximum absolute atomic E-state index is 13.4. The molecule has 0 unspecified atom stereocenters. The maximum atomic E-state index is 13.4. The minimum atomic E-state index is -3.43. The lowest BCUT2D eigenvalue weighted by Gasteiger charge is -2.16. The van der Waals surface area contributed by atoms with E-state index in [1.807, 2.05) is 14.0 Å². The first kappa shape index (κ1) is 19.4. The van der Waals surface area contributed by atoms with Crippen LogP contribution in [-0.4, -0.2) is 36.8 Å². The van der Waals surface area contributed by atoms with Gasteiger partial charge >= 0.3 is 0 Å². The number of sulfone groups is 1. The number of aromatic nitrogens is 2. The molecule has 1 heterocycles. The number of hydrogen-bond donors (Lipinski definition) is 1. The van der Waals surface area contributed by atoms with E-state index in [2.05, 4.69) is 17.0 Å². The molecule has 2 aromatic rings. The van der Waals surface area contributed by atoms with E-state index in [1.54, 1.807) is 23.7 Å². The fraction of sp³-hybridized carbons (Fsp3) is 0.400. The second-order valence-electron chi connectivity index (χ2n) is 7.13. The van der Waals surface area contributed by atoms with Gasteiger partial charge in [0.1, 0.15) is 0 Å². The lowest BCUT2D eigenvalue weighted by atomic mass is 9.95. The minimum absolute atomic E-state index is 0.110. The first-order valence-corrected chi connectivity index (χ1v) is 10.8. The van der Waals surface area contributed by atoms with Gasteiger partial charge in [-0.15, -0.1) is 6.58 Å². The third-order valence-corrected chi connectivity index (χ3v) is 6.19. The van der Waals surface area contributed by atoms with E-state index in [9.17, 15) is 13.2 Å². The summed E-state index contributed by atoms with van der Waals surface area (Å²) in [7, 11) is -1.59. The molecule has 144 valence electrons. The van der Waals surface area contributed by atoms with Gasteiger partial charge in [0.05, 0.1) is 21.8 Å². The van der Waals surface area contributed by atoms with Crippen molar-refractivity contribution in [2.75, 3.05) is 18.1 Å². The van der Waals surface area contributed by atoms with E-state index in [1.165, 1.54) is 12.3 Å². The second-order valence-corrected chi connectivity index (χ2v) is 9.11.